The van der Waals surface area contributed by atoms with Crippen LogP contribution in [0.3, 0.4) is 0 Å². The molecule has 0 radical (unpaired) electrons. The van der Waals surface area contributed by atoms with Gasteiger partial charge in [0.15, 0.2) is 0 Å². The lowest BCUT2D eigenvalue weighted by molar-refractivity contribution is 1.10. The molecule has 0 saturated heterocycles. The van der Waals surface area contributed by atoms with Crippen molar-refractivity contribution in [3.8, 4) is 0 Å². The Labute approximate surface area is 124 Å². The fourth-order valence-corrected chi connectivity index (χ4v) is 2.79. The lowest BCUT2D eigenvalue weighted by Gasteiger charge is -2.05. The molecule has 1 nitrogen and oxygen atoms in total. The number of nitrogens with zero attached hydrogens (tertiary/aromatic N) is 1. The number of fused-ring (bicyclic) bond motifs is 1. The van der Waals surface area contributed by atoms with Crippen LogP contribution in [0.4, 0.5) is 0 Å². The molecule has 0 saturated carbocycles. The summed E-state index contributed by atoms with van der Waals surface area (Å²) in [5.74, 6) is 0.356. The summed E-state index contributed by atoms with van der Waals surface area (Å²) in [4.78, 5) is 4.77. The van der Waals surface area contributed by atoms with Gasteiger partial charge >= 0.3 is 0 Å². The number of para-hydroxylation sites is 1. The van der Waals surface area contributed by atoms with Gasteiger partial charge in [0.25, 0.3) is 0 Å². The van der Waals surface area contributed by atoms with E-state index in [1.54, 1.807) is 0 Å². The highest BCUT2D eigenvalue weighted by atomic mass is 14.7. The van der Waals surface area contributed by atoms with Gasteiger partial charge in [-0.2, -0.15) is 0 Å². The van der Waals surface area contributed by atoms with Crippen molar-refractivity contribution in [3.05, 3.63) is 96.2 Å². The number of benzene rings is 2. The SMILES string of the molecule is C1=CC(c2ccccc2)C=C1c1ccc2ccccc2n1. The van der Waals surface area contributed by atoms with E-state index in [-0.39, 0.29) is 0 Å². The van der Waals surface area contributed by atoms with Gasteiger partial charge in [-0.25, -0.2) is 4.98 Å². The van der Waals surface area contributed by atoms with Crippen molar-refractivity contribution >= 4 is 16.5 Å². The lowest BCUT2D eigenvalue weighted by atomic mass is 10.0. The standard InChI is InChI=1S/C20H15N/c1-2-6-15(7-3-1)17-10-11-18(14-17)20-13-12-16-8-4-5-9-19(16)21-20/h1-14,17H. The third-order valence-electron chi connectivity index (χ3n) is 3.92. The number of allylic oxidation sites excluding steroid dienone is 4. The fraction of sp³-hybridized carbons (Fsp3) is 0.0500. The summed E-state index contributed by atoms with van der Waals surface area (Å²) < 4.78 is 0. The van der Waals surface area contributed by atoms with Crippen LogP contribution in [-0.2, 0) is 0 Å². The van der Waals surface area contributed by atoms with Gasteiger partial charge in [-0.1, -0.05) is 72.8 Å². The van der Waals surface area contributed by atoms with Crippen molar-refractivity contribution in [3.63, 3.8) is 0 Å². The van der Waals surface area contributed by atoms with Crippen LogP contribution in [0.5, 0.6) is 0 Å². The van der Waals surface area contributed by atoms with Gasteiger partial charge in [0.2, 0.25) is 0 Å². The highest BCUT2D eigenvalue weighted by Crippen LogP contribution is 2.31. The molecule has 1 aromatic heterocycles. The first-order valence-corrected chi connectivity index (χ1v) is 7.21. The van der Waals surface area contributed by atoms with Crippen LogP contribution in [0, 0.1) is 0 Å². The van der Waals surface area contributed by atoms with Crippen LogP contribution in [0.2, 0.25) is 0 Å². The monoisotopic (exact) mass is 269 g/mol. The third-order valence-corrected chi connectivity index (χ3v) is 3.92. The molecule has 3 aromatic rings. The Balaban J connectivity index is 1.71. The predicted octanol–water partition coefficient (Wildman–Crippen LogP) is 4.97. The van der Waals surface area contributed by atoms with E-state index in [0.29, 0.717) is 5.92 Å². The van der Waals surface area contributed by atoms with E-state index in [0.717, 1.165) is 11.2 Å². The normalized spacial score (nSPS) is 17.1. The lowest BCUT2D eigenvalue weighted by Crippen LogP contribution is -1.89. The minimum absolute atomic E-state index is 0.356. The molecule has 0 spiro atoms. The molecule has 1 heterocycles. The molecule has 0 fully saturated rings. The minimum atomic E-state index is 0.356. The van der Waals surface area contributed by atoms with E-state index >= 15 is 0 Å². The first-order chi connectivity index (χ1) is 10.4. The maximum absolute atomic E-state index is 4.77. The van der Waals surface area contributed by atoms with E-state index in [1.807, 2.05) is 12.1 Å². The molecule has 1 heteroatoms. The molecule has 1 unspecified atom stereocenters. The quantitative estimate of drug-likeness (QED) is 0.640. The second kappa shape index (κ2) is 5.02. The van der Waals surface area contributed by atoms with Crippen molar-refractivity contribution in [2.24, 2.45) is 0 Å². The molecule has 1 atom stereocenters. The van der Waals surface area contributed by atoms with Crippen LogP contribution >= 0.6 is 0 Å². The van der Waals surface area contributed by atoms with E-state index in [9.17, 15) is 0 Å². The summed E-state index contributed by atoms with van der Waals surface area (Å²) in [7, 11) is 0. The number of hydrogen-bond acceptors (Lipinski definition) is 1. The molecule has 1 aliphatic carbocycles. The Morgan fingerprint density at radius 1 is 0.762 bits per heavy atom. The van der Waals surface area contributed by atoms with Crippen molar-refractivity contribution < 1.29 is 0 Å². The van der Waals surface area contributed by atoms with E-state index < -0.39 is 0 Å². The van der Waals surface area contributed by atoms with Crippen LogP contribution in [-0.4, -0.2) is 4.98 Å². The number of pyridine rings is 1. The maximum Gasteiger partial charge on any atom is 0.0709 e. The summed E-state index contributed by atoms with van der Waals surface area (Å²) in [5.41, 5.74) is 4.62. The molecule has 100 valence electrons. The van der Waals surface area contributed by atoms with Crippen LogP contribution in [0.25, 0.3) is 16.5 Å². The topological polar surface area (TPSA) is 12.9 Å². The fourth-order valence-electron chi connectivity index (χ4n) is 2.79. The Morgan fingerprint density at radius 3 is 2.48 bits per heavy atom. The first kappa shape index (κ1) is 12.1. The molecule has 0 N–H and O–H groups in total. The van der Waals surface area contributed by atoms with Crippen molar-refractivity contribution in [2.45, 2.75) is 5.92 Å². The van der Waals surface area contributed by atoms with Gasteiger partial charge in [0, 0.05) is 11.3 Å². The average Bonchev–Trinajstić information content (AvgIpc) is 3.05. The Bertz CT molecular complexity index is 844. The molecular weight excluding hydrogens is 254 g/mol. The molecule has 0 aliphatic heterocycles. The van der Waals surface area contributed by atoms with Gasteiger partial charge in [-0.3, -0.25) is 0 Å². The van der Waals surface area contributed by atoms with Crippen molar-refractivity contribution in [1.82, 2.24) is 4.98 Å². The largest absolute Gasteiger partial charge is 0.248 e. The Morgan fingerprint density at radius 2 is 1.57 bits per heavy atom. The molecule has 21 heavy (non-hydrogen) atoms. The zero-order chi connectivity index (χ0) is 14.1. The number of aromatic nitrogens is 1. The van der Waals surface area contributed by atoms with Gasteiger partial charge in [-0.15, -0.1) is 0 Å². The van der Waals surface area contributed by atoms with Crippen molar-refractivity contribution in [2.75, 3.05) is 0 Å². The molecule has 4 rings (SSSR count). The molecule has 0 bridgehead atoms. The van der Waals surface area contributed by atoms with Gasteiger partial charge in [0.05, 0.1) is 11.2 Å². The Kier molecular flexibility index (Phi) is 2.89. The third kappa shape index (κ3) is 2.27. The summed E-state index contributed by atoms with van der Waals surface area (Å²) >= 11 is 0. The first-order valence-electron chi connectivity index (χ1n) is 7.21. The van der Waals surface area contributed by atoms with Gasteiger partial charge in [-0.05, 0) is 23.3 Å². The second-order valence-corrected chi connectivity index (χ2v) is 5.31. The zero-order valence-electron chi connectivity index (χ0n) is 11.6. The highest BCUT2D eigenvalue weighted by Gasteiger charge is 2.13. The van der Waals surface area contributed by atoms with Crippen molar-refractivity contribution in [1.29, 1.82) is 0 Å². The summed E-state index contributed by atoms with van der Waals surface area (Å²) in [6, 6.07) is 23.0. The highest BCUT2D eigenvalue weighted by molar-refractivity contribution is 5.83. The van der Waals surface area contributed by atoms with E-state index in [2.05, 4.69) is 72.8 Å². The average molecular weight is 269 g/mol. The predicted molar refractivity (Wildman–Crippen MR) is 88.0 cm³/mol. The smallest absolute Gasteiger partial charge is 0.0709 e. The number of rotatable bonds is 2. The van der Waals surface area contributed by atoms with Crippen LogP contribution in [0.15, 0.2) is 85.0 Å². The molecule has 2 aromatic carbocycles. The van der Waals surface area contributed by atoms with E-state index in [4.69, 9.17) is 4.98 Å². The molecule has 1 aliphatic rings. The van der Waals surface area contributed by atoms with E-state index in [1.165, 1.54) is 16.5 Å². The zero-order valence-corrected chi connectivity index (χ0v) is 11.6. The molecular formula is C20H15N. The summed E-state index contributed by atoms with van der Waals surface area (Å²) in [6.45, 7) is 0. The number of hydrogen-bond donors (Lipinski definition) is 0. The molecule has 0 amide bonds. The van der Waals surface area contributed by atoms with Gasteiger partial charge in [0.1, 0.15) is 0 Å². The minimum Gasteiger partial charge on any atom is -0.248 e. The Hall–Kier alpha value is -2.67. The van der Waals surface area contributed by atoms with Crippen LogP contribution in [0.1, 0.15) is 17.2 Å². The van der Waals surface area contributed by atoms with Crippen LogP contribution < -0.4 is 0 Å². The summed E-state index contributed by atoms with van der Waals surface area (Å²) in [6.07, 6.45) is 6.70. The van der Waals surface area contributed by atoms with Gasteiger partial charge < -0.3 is 0 Å². The maximum atomic E-state index is 4.77. The second-order valence-electron chi connectivity index (χ2n) is 5.31. The summed E-state index contributed by atoms with van der Waals surface area (Å²) in [5, 5.41) is 1.18.